The number of methoxy groups -OCH3 is 1. The van der Waals surface area contributed by atoms with Gasteiger partial charge in [0, 0.05) is 36.8 Å². The number of ether oxygens (including phenoxy) is 1. The van der Waals surface area contributed by atoms with Gasteiger partial charge in [0.05, 0.1) is 19.3 Å². The second-order valence-corrected chi connectivity index (χ2v) is 14.5. The first-order chi connectivity index (χ1) is 21.8. The SMILES string of the molecule is COc1ccc(C23CCC(CN(c4cc(-c5cnn(C6CC6)c5)ccn4)C(=O)[C@H]4CC[C@H](CC(=O)O)CC4)(CC2)CC3)cc1C. The molecule has 0 atom stereocenters. The molecule has 0 unspecified atom stereocenters. The Morgan fingerprint density at radius 1 is 0.978 bits per heavy atom. The van der Waals surface area contributed by atoms with E-state index in [1.807, 2.05) is 23.4 Å². The van der Waals surface area contributed by atoms with E-state index < -0.39 is 5.97 Å². The minimum Gasteiger partial charge on any atom is -0.496 e. The van der Waals surface area contributed by atoms with Crippen molar-refractivity contribution in [1.29, 1.82) is 0 Å². The summed E-state index contributed by atoms with van der Waals surface area (Å²) < 4.78 is 7.60. The molecule has 0 aliphatic heterocycles. The van der Waals surface area contributed by atoms with Gasteiger partial charge in [0.15, 0.2) is 0 Å². The summed E-state index contributed by atoms with van der Waals surface area (Å²) in [6.07, 6.45) is 18.2. The molecule has 2 heterocycles. The zero-order valence-electron chi connectivity index (χ0n) is 26.7. The third-order valence-corrected chi connectivity index (χ3v) is 11.7. The minimum absolute atomic E-state index is 0.0774. The molecule has 2 aromatic heterocycles. The van der Waals surface area contributed by atoms with Gasteiger partial charge in [0.25, 0.3) is 0 Å². The van der Waals surface area contributed by atoms with Crippen LogP contribution in [0.15, 0.2) is 48.9 Å². The maximum Gasteiger partial charge on any atom is 0.303 e. The average molecular weight is 611 g/mol. The van der Waals surface area contributed by atoms with Gasteiger partial charge in [-0.15, -0.1) is 0 Å². The Bertz CT molecular complexity index is 1540. The molecule has 1 amide bonds. The number of hydrogen-bond acceptors (Lipinski definition) is 5. The molecule has 0 radical (unpaired) electrons. The van der Waals surface area contributed by atoms with Gasteiger partial charge in [-0.1, -0.05) is 12.1 Å². The minimum atomic E-state index is -0.744. The van der Waals surface area contributed by atoms with Crippen molar-refractivity contribution in [1.82, 2.24) is 14.8 Å². The van der Waals surface area contributed by atoms with Crippen molar-refractivity contribution < 1.29 is 19.4 Å². The summed E-state index contributed by atoms with van der Waals surface area (Å²) in [5, 5.41) is 13.9. The number of aromatic nitrogens is 3. The van der Waals surface area contributed by atoms with E-state index in [-0.39, 0.29) is 35.0 Å². The number of fused-ring (bicyclic) bond motifs is 3. The number of anilines is 1. The van der Waals surface area contributed by atoms with Gasteiger partial charge in [0.2, 0.25) is 5.91 Å². The number of carbonyl (C=O) groups is 2. The normalized spacial score (nSPS) is 27.7. The van der Waals surface area contributed by atoms with Crippen LogP contribution in [0.3, 0.4) is 0 Å². The van der Waals surface area contributed by atoms with Crippen molar-refractivity contribution in [2.24, 2.45) is 17.3 Å². The van der Waals surface area contributed by atoms with Crippen LogP contribution in [-0.2, 0) is 15.0 Å². The first-order valence-electron chi connectivity index (χ1n) is 17.0. The number of amides is 1. The Labute approximate surface area is 266 Å². The summed E-state index contributed by atoms with van der Waals surface area (Å²) in [4.78, 5) is 32.6. The molecular weight excluding hydrogens is 564 g/mol. The van der Waals surface area contributed by atoms with Crippen LogP contribution in [0.25, 0.3) is 11.1 Å². The fraction of sp³-hybridized carbons (Fsp3) is 0.568. The Hall–Kier alpha value is -3.68. The van der Waals surface area contributed by atoms with Gasteiger partial charge in [-0.05, 0) is 136 Å². The molecule has 8 rings (SSSR count). The predicted octanol–water partition coefficient (Wildman–Crippen LogP) is 7.50. The molecule has 1 N–H and O–H groups in total. The lowest BCUT2D eigenvalue weighted by Gasteiger charge is -2.55. The van der Waals surface area contributed by atoms with Crippen LogP contribution in [0.5, 0.6) is 5.75 Å². The standard InChI is InChI=1S/C37H46N4O4/c1-25-19-30(7-10-32(25)45-2)37-15-12-36(13-16-37,14-17-37)24-40(35(44)27-5-3-26(4-6-27)20-34(42)43)33-21-28(11-18-38-33)29-22-39-41(23-29)31-8-9-31/h7,10-11,18-19,21-23,26-27,31H,3-6,8-9,12-17,20,24H2,1-2H3,(H,42,43)/t26-,27-,36?,37?. The van der Waals surface area contributed by atoms with Crippen molar-refractivity contribution in [3.8, 4) is 16.9 Å². The molecule has 5 fully saturated rings. The number of aliphatic carboxylic acids is 1. The first-order valence-corrected chi connectivity index (χ1v) is 17.0. The van der Waals surface area contributed by atoms with Crippen molar-refractivity contribution >= 4 is 17.7 Å². The van der Waals surface area contributed by atoms with E-state index >= 15 is 0 Å². The van der Waals surface area contributed by atoms with Gasteiger partial charge >= 0.3 is 5.97 Å². The van der Waals surface area contributed by atoms with Crippen molar-refractivity contribution in [3.05, 3.63) is 60.0 Å². The average Bonchev–Trinajstić information content (AvgIpc) is 3.80. The number of carboxylic acid groups (broad SMARTS) is 1. The third-order valence-electron chi connectivity index (χ3n) is 11.7. The first kappa shape index (κ1) is 30.0. The Balaban J connectivity index is 1.13. The number of pyridine rings is 1. The summed E-state index contributed by atoms with van der Waals surface area (Å²) in [6, 6.07) is 11.3. The summed E-state index contributed by atoms with van der Waals surface area (Å²) >= 11 is 0. The molecule has 5 aliphatic rings. The van der Waals surface area contributed by atoms with E-state index in [2.05, 4.69) is 47.2 Å². The largest absolute Gasteiger partial charge is 0.496 e. The smallest absolute Gasteiger partial charge is 0.303 e. The number of benzene rings is 1. The van der Waals surface area contributed by atoms with Crippen LogP contribution < -0.4 is 9.64 Å². The molecule has 3 aromatic rings. The number of nitrogens with zero attached hydrogens (tertiary/aromatic N) is 4. The van der Waals surface area contributed by atoms with Crippen molar-refractivity contribution in [2.75, 3.05) is 18.6 Å². The summed E-state index contributed by atoms with van der Waals surface area (Å²) in [7, 11) is 1.73. The molecule has 1 aromatic carbocycles. The van der Waals surface area contributed by atoms with Gasteiger partial charge in [0.1, 0.15) is 11.6 Å². The molecule has 0 saturated heterocycles. The fourth-order valence-electron chi connectivity index (χ4n) is 8.60. The molecule has 8 nitrogen and oxygen atoms in total. The fourth-order valence-corrected chi connectivity index (χ4v) is 8.60. The highest BCUT2D eigenvalue weighted by molar-refractivity contribution is 5.95. The maximum atomic E-state index is 14.4. The maximum absolute atomic E-state index is 14.4. The molecule has 5 saturated carbocycles. The molecule has 2 bridgehead atoms. The van der Waals surface area contributed by atoms with Crippen LogP contribution in [0.2, 0.25) is 0 Å². The highest BCUT2D eigenvalue weighted by Gasteiger charge is 2.51. The monoisotopic (exact) mass is 610 g/mol. The quantitative estimate of drug-likeness (QED) is 0.255. The lowest BCUT2D eigenvalue weighted by molar-refractivity contribution is -0.138. The van der Waals surface area contributed by atoms with Crippen molar-refractivity contribution in [2.45, 2.75) is 102 Å². The predicted molar refractivity (Wildman–Crippen MR) is 173 cm³/mol. The Morgan fingerprint density at radius 3 is 2.36 bits per heavy atom. The van der Waals surface area contributed by atoms with E-state index in [4.69, 9.17) is 9.72 Å². The zero-order chi connectivity index (χ0) is 31.2. The number of carboxylic acids is 1. The molecule has 238 valence electrons. The van der Waals surface area contributed by atoms with Crippen LogP contribution in [0, 0.1) is 24.2 Å². The van der Waals surface area contributed by atoms with Crippen LogP contribution in [-0.4, -0.2) is 45.4 Å². The van der Waals surface area contributed by atoms with Gasteiger partial charge < -0.3 is 9.84 Å². The second kappa shape index (κ2) is 11.9. The van der Waals surface area contributed by atoms with Crippen LogP contribution >= 0.6 is 0 Å². The highest BCUT2D eigenvalue weighted by Crippen LogP contribution is 2.58. The highest BCUT2D eigenvalue weighted by atomic mass is 16.5. The molecule has 8 heteroatoms. The lowest BCUT2D eigenvalue weighted by atomic mass is 9.51. The molecule has 5 aliphatic carbocycles. The summed E-state index contributed by atoms with van der Waals surface area (Å²) in [5.74, 6) is 1.15. The number of aryl methyl sites for hydroxylation is 1. The summed E-state index contributed by atoms with van der Waals surface area (Å²) in [6.45, 7) is 2.82. The number of rotatable bonds is 10. The summed E-state index contributed by atoms with van der Waals surface area (Å²) in [5.41, 5.74) is 4.99. The molecule has 45 heavy (non-hydrogen) atoms. The van der Waals surface area contributed by atoms with Gasteiger partial charge in [-0.2, -0.15) is 5.10 Å². The zero-order valence-corrected chi connectivity index (χ0v) is 26.7. The lowest BCUT2D eigenvalue weighted by Crippen LogP contribution is -2.52. The van der Waals surface area contributed by atoms with Gasteiger partial charge in [-0.25, -0.2) is 4.98 Å². The third kappa shape index (κ3) is 6.00. The van der Waals surface area contributed by atoms with Crippen molar-refractivity contribution in [3.63, 3.8) is 0 Å². The Morgan fingerprint density at radius 2 is 1.71 bits per heavy atom. The molecular formula is C37H46N4O4. The van der Waals surface area contributed by atoms with E-state index in [0.717, 1.165) is 86.9 Å². The number of hydrogen-bond donors (Lipinski definition) is 1. The number of carbonyl (C=O) groups excluding carboxylic acids is 1. The Kier molecular flexibility index (Phi) is 7.95. The van der Waals surface area contributed by atoms with Crippen LogP contribution in [0.4, 0.5) is 5.82 Å². The van der Waals surface area contributed by atoms with Gasteiger partial charge in [-0.3, -0.25) is 19.2 Å². The van der Waals surface area contributed by atoms with E-state index in [1.165, 1.54) is 24.0 Å². The topological polar surface area (TPSA) is 97.5 Å². The van der Waals surface area contributed by atoms with Crippen LogP contribution in [0.1, 0.15) is 101 Å². The molecule has 0 spiro atoms. The van der Waals surface area contributed by atoms with E-state index in [0.29, 0.717) is 12.6 Å². The van der Waals surface area contributed by atoms with E-state index in [9.17, 15) is 14.7 Å². The second-order valence-electron chi connectivity index (χ2n) is 14.5. The van der Waals surface area contributed by atoms with E-state index in [1.54, 1.807) is 7.11 Å².